The van der Waals surface area contributed by atoms with E-state index in [1.807, 2.05) is 0 Å². The van der Waals surface area contributed by atoms with E-state index in [2.05, 4.69) is 10.0 Å². The molecular weight excluding hydrogens is 188 g/mol. The average Bonchev–Trinajstić information content (AvgIpc) is 2.59. The predicted octanol–water partition coefficient (Wildman–Crippen LogP) is -0.325. The number of hydrogen-bond donors (Lipinski definition) is 2. The molecule has 4 nitrogen and oxygen atoms in total. The summed E-state index contributed by atoms with van der Waals surface area (Å²) < 4.78 is 25.8. The molecule has 2 bridgehead atoms. The Hall–Kier alpha value is -0.130. The van der Waals surface area contributed by atoms with Gasteiger partial charge in [-0.05, 0) is 32.7 Å². The third-order valence-corrected chi connectivity index (χ3v) is 4.90. The predicted molar refractivity (Wildman–Crippen MR) is 50.9 cm³/mol. The smallest absolute Gasteiger partial charge is 0.214 e. The van der Waals surface area contributed by atoms with E-state index in [9.17, 15) is 8.42 Å². The Kier molecular flexibility index (Phi) is 2.13. The molecule has 3 unspecified atom stereocenters. The number of sulfonamides is 1. The molecule has 0 aromatic heterocycles. The molecule has 3 aliphatic rings. The van der Waals surface area contributed by atoms with Gasteiger partial charge >= 0.3 is 0 Å². The fourth-order valence-electron chi connectivity index (χ4n) is 1.98. The molecule has 1 aliphatic carbocycles. The van der Waals surface area contributed by atoms with E-state index in [4.69, 9.17) is 0 Å². The molecule has 0 spiro atoms. The zero-order valence-electron chi connectivity index (χ0n) is 7.95. The third-order valence-electron chi connectivity index (χ3n) is 3.06. The Morgan fingerprint density at radius 3 is 2.54 bits per heavy atom. The molecule has 2 aliphatic heterocycles. The first-order valence-corrected chi connectivity index (χ1v) is 6.30. The van der Waals surface area contributed by atoms with Crippen LogP contribution in [-0.2, 0) is 10.0 Å². The molecule has 0 aromatic rings. The van der Waals surface area contributed by atoms with E-state index in [1.165, 1.54) is 0 Å². The van der Waals surface area contributed by atoms with Gasteiger partial charge in [0.05, 0.1) is 5.25 Å². The minimum absolute atomic E-state index is 0.160. The maximum absolute atomic E-state index is 11.5. The van der Waals surface area contributed by atoms with Crippen molar-refractivity contribution < 1.29 is 8.42 Å². The minimum atomic E-state index is -3.07. The van der Waals surface area contributed by atoms with Gasteiger partial charge in [-0.1, -0.05) is 0 Å². The van der Waals surface area contributed by atoms with Crippen molar-refractivity contribution in [3.05, 3.63) is 0 Å². The molecule has 0 aromatic carbocycles. The number of fused-ring (bicyclic) bond motifs is 1. The van der Waals surface area contributed by atoms with E-state index in [0.717, 1.165) is 13.0 Å². The number of nitrogens with one attached hydrogen (secondary N) is 2. The van der Waals surface area contributed by atoms with Crippen LogP contribution in [0.1, 0.15) is 20.3 Å². The summed E-state index contributed by atoms with van der Waals surface area (Å²) in [5, 5.41) is 2.95. The Balaban J connectivity index is 1.99. The SMILES string of the molecule is CC(C)S(=O)(=O)NC1C2CNC1C2. The molecule has 0 amide bonds. The summed E-state index contributed by atoms with van der Waals surface area (Å²) in [6.45, 7) is 4.38. The molecule has 3 rings (SSSR count). The number of hydrogen-bond acceptors (Lipinski definition) is 3. The van der Waals surface area contributed by atoms with Gasteiger partial charge < -0.3 is 5.32 Å². The summed E-state index contributed by atoms with van der Waals surface area (Å²) >= 11 is 0. The highest BCUT2D eigenvalue weighted by molar-refractivity contribution is 7.90. The van der Waals surface area contributed by atoms with Crippen LogP contribution < -0.4 is 10.0 Å². The second-order valence-electron chi connectivity index (χ2n) is 4.25. The van der Waals surface area contributed by atoms with Gasteiger partial charge in [-0.15, -0.1) is 0 Å². The van der Waals surface area contributed by atoms with Crippen molar-refractivity contribution in [3.8, 4) is 0 Å². The molecule has 2 saturated heterocycles. The first kappa shape index (κ1) is 9.43. The largest absolute Gasteiger partial charge is 0.312 e. The van der Waals surface area contributed by atoms with Gasteiger partial charge in [0.1, 0.15) is 0 Å². The average molecular weight is 204 g/mol. The number of rotatable bonds is 3. The van der Waals surface area contributed by atoms with Gasteiger partial charge in [-0.2, -0.15) is 0 Å². The summed E-state index contributed by atoms with van der Waals surface area (Å²) in [5.41, 5.74) is 0. The van der Waals surface area contributed by atoms with Gasteiger partial charge in [0.2, 0.25) is 10.0 Å². The molecular formula is C8H16N2O2S. The van der Waals surface area contributed by atoms with Crippen molar-refractivity contribution in [1.82, 2.24) is 10.0 Å². The monoisotopic (exact) mass is 204 g/mol. The zero-order chi connectivity index (χ0) is 9.64. The van der Waals surface area contributed by atoms with Crippen molar-refractivity contribution in [3.63, 3.8) is 0 Å². The van der Waals surface area contributed by atoms with Gasteiger partial charge in [0, 0.05) is 12.1 Å². The van der Waals surface area contributed by atoms with Crippen LogP contribution in [0.25, 0.3) is 0 Å². The van der Waals surface area contributed by atoms with Crippen LogP contribution in [0.15, 0.2) is 0 Å². The fraction of sp³-hybridized carbons (Fsp3) is 1.00. The van der Waals surface area contributed by atoms with Crippen molar-refractivity contribution in [2.24, 2.45) is 5.92 Å². The summed E-state index contributed by atoms with van der Waals surface area (Å²) in [4.78, 5) is 0. The van der Waals surface area contributed by atoms with Crippen LogP contribution >= 0.6 is 0 Å². The van der Waals surface area contributed by atoms with Crippen LogP contribution in [-0.4, -0.2) is 32.3 Å². The van der Waals surface area contributed by atoms with Crippen molar-refractivity contribution in [2.75, 3.05) is 6.54 Å². The molecule has 5 heteroatoms. The molecule has 13 heavy (non-hydrogen) atoms. The summed E-state index contributed by atoms with van der Waals surface area (Å²) in [7, 11) is -3.07. The maximum atomic E-state index is 11.5. The van der Waals surface area contributed by atoms with Gasteiger partial charge in [0.15, 0.2) is 0 Å². The highest BCUT2D eigenvalue weighted by Crippen LogP contribution is 2.34. The van der Waals surface area contributed by atoms with Gasteiger partial charge in [-0.3, -0.25) is 0 Å². The lowest BCUT2D eigenvalue weighted by atomic mass is 9.81. The second kappa shape index (κ2) is 2.93. The van der Waals surface area contributed by atoms with Crippen LogP contribution in [0.4, 0.5) is 0 Å². The van der Waals surface area contributed by atoms with Crippen LogP contribution in [0.2, 0.25) is 0 Å². The van der Waals surface area contributed by atoms with E-state index in [0.29, 0.717) is 12.0 Å². The highest BCUT2D eigenvalue weighted by Gasteiger charge is 2.48. The Labute approximate surface area is 79.1 Å². The molecule has 1 saturated carbocycles. The zero-order valence-corrected chi connectivity index (χ0v) is 8.76. The van der Waals surface area contributed by atoms with Crippen LogP contribution in [0.3, 0.4) is 0 Å². The highest BCUT2D eigenvalue weighted by atomic mass is 32.2. The lowest BCUT2D eigenvalue weighted by molar-refractivity contribution is 0.280. The lowest BCUT2D eigenvalue weighted by Crippen LogP contribution is -2.55. The van der Waals surface area contributed by atoms with Crippen molar-refractivity contribution >= 4 is 10.0 Å². The molecule has 2 N–H and O–H groups in total. The quantitative estimate of drug-likeness (QED) is 0.662. The normalized spacial score (nSPS) is 37.9. The third kappa shape index (κ3) is 1.49. The van der Waals surface area contributed by atoms with Crippen molar-refractivity contribution in [1.29, 1.82) is 0 Å². The first-order valence-electron chi connectivity index (χ1n) is 4.75. The summed E-state index contributed by atoms with van der Waals surface area (Å²) in [5.74, 6) is 0.526. The standard InChI is InChI=1S/C8H16N2O2S/c1-5(2)13(11,12)10-8-6-3-7(8)9-4-6/h5-10H,3-4H2,1-2H3. The molecule has 2 heterocycles. The van der Waals surface area contributed by atoms with Crippen LogP contribution in [0.5, 0.6) is 0 Å². The fourth-order valence-corrected chi connectivity index (χ4v) is 2.99. The molecule has 76 valence electrons. The van der Waals surface area contributed by atoms with Gasteiger partial charge in [-0.25, -0.2) is 13.1 Å². The Morgan fingerprint density at radius 1 is 1.46 bits per heavy atom. The second-order valence-corrected chi connectivity index (χ2v) is 6.52. The molecule has 0 radical (unpaired) electrons. The topological polar surface area (TPSA) is 58.2 Å². The molecule has 3 atom stereocenters. The minimum Gasteiger partial charge on any atom is -0.312 e. The maximum Gasteiger partial charge on any atom is 0.214 e. The molecule has 3 fully saturated rings. The van der Waals surface area contributed by atoms with E-state index in [-0.39, 0.29) is 11.3 Å². The lowest BCUT2D eigenvalue weighted by Gasteiger charge is -2.35. The summed E-state index contributed by atoms with van der Waals surface area (Å²) in [6, 6.07) is 0.547. The van der Waals surface area contributed by atoms with E-state index < -0.39 is 10.0 Å². The van der Waals surface area contributed by atoms with E-state index >= 15 is 0 Å². The van der Waals surface area contributed by atoms with Gasteiger partial charge in [0.25, 0.3) is 0 Å². The Morgan fingerprint density at radius 2 is 2.15 bits per heavy atom. The van der Waals surface area contributed by atoms with E-state index in [1.54, 1.807) is 13.8 Å². The Bertz CT molecular complexity index is 285. The first-order chi connectivity index (χ1) is 6.00. The van der Waals surface area contributed by atoms with Crippen molar-refractivity contribution in [2.45, 2.75) is 37.6 Å². The van der Waals surface area contributed by atoms with Crippen LogP contribution in [0, 0.1) is 5.92 Å². The summed E-state index contributed by atoms with van der Waals surface area (Å²) in [6.07, 6.45) is 1.13.